The Morgan fingerprint density at radius 3 is 2.31 bits per heavy atom. The van der Waals surface area contributed by atoms with Crippen molar-refractivity contribution in [2.45, 2.75) is 58.7 Å². The first-order valence-corrected chi connectivity index (χ1v) is 8.57. The number of amides is 2. The number of nitriles is 1. The number of hydrogen-bond acceptors (Lipinski definition) is 5. The van der Waals surface area contributed by atoms with E-state index in [9.17, 15) is 9.59 Å². The van der Waals surface area contributed by atoms with Crippen LogP contribution in [0.5, 0.6) is 5.75 Å². The summed E-state index contributed by atoms with van der Waals surface area (Å²) in [6.07, 6.45) is -0.185. The maximum Gasteiger partial charge on any atom is 0.408 e. The zero-order valence-corrected chi connectivity index (χ0v) is 16.0. The van der Waals surface area contributed by atoms with Crippen LogP contribution >= 0.6 is 0 Å². The van der Waals surface area contributed by atoms with E-state index < -0.39 is 17.7 Å². The minimum Gasteiger partial charge on any atom is -0.491 e. The normalized spacial score (nSPS) is 13.1. The molecule has 26 heavy (non-hydrogen) atoms. The van der Waals surface area contributed by atoms with Crippen molar-refractivity contribution in [1.82, 2.24) is 10.6 Å². The Bertz CT molecular complexity index is 644. The van der Waals surface area contributed by atoms with Crippen LogP contribution in [0.1, 0.15) is 46.6 Å². The maximum atomic E-state index is 12.3. The first kappa shape index (κ1) is 21.3. The lowest BCUT2D eigenvalue weighted by Gasteiger charge is -2.24. The Kier molecular flexibility index (Phi) is 7.91. The van der Waals surface area contributed by atoms with Crippen molar-refractivity contribution in [2.75, 3.05) is 6.61 Å². The number of carbonyl (C=O) groups is 2. The average Bonchev–Trinajstić information content (AvgIpc) is 2.56. The molecule has 142 valence electrons. The van der Waals surface area contributed by atoms with Crippen LogP contribution in [0.15, 0.2) is 24.3 Å². The number of benzene rings is 1. The zero-order valence-electron chi connectivity index (χ0n) is 16.0. The van der Waals surface area contributed by atoms with Crippen LogP contribution < -0.4 is 15.4 Å². The number of carbonyl (C=O) groups excluding carboxylic acids is 2. The number of alkyl carbamates (subject to hydrolysis) is 1. The van der Waals surface area contributed by atoms with Crippen LogP contribution in [0, 0.1) is 11.3 Å². The van der Waals surface area contributed by atoms with Crippen LogP contribution in [0.3, 0.4) is 0 Å². The first-order valence-electron chi connectivity index (χ1n) is 8.57. The van der Waals surface area contributed by atoms with Gasteiger partial charge in [0, 0.05) is 0 Å². The summed E-state index contributed by atoms with van der Waals surface area (Å²) in [6, 6.07) is 7.83. The second-order valence-electron chi connectivity index (χ2n) is 6.96. The van der Waals surface area contributed by atoms with Gasteiger partial charge < -0.3 is 20.1 Å². The van der Waals surface area contributed by atoms with E-state index in [-0.39, 0.29) is 18.6 Å². The van der Waals surface area contributed by atoms with Crippen molar-refractivity contribution >= 4 is 12.0 Å². The molecule has 1 aromatic carbocycles. The lowest BCUT2D eigenvalue weighted by molar-refractivity contribution is -0.124. The monoisotopic (exact) mass is 361 g/mol. The van der Waals surface area contributed by atoms with Gasteiger partial charge >= 0.3 is 6.09 Å². The summed E-state index contributed by atoms with van der Waals surface area (Å²) in [5, 5.41) is 14.1. The summed E-state index contributed by atoms with van der Waals surface area (Å²) in [7, 11) is 0. The Morgan fingerprint density at radius 1 is 1.19 bits per heavy atom. The third-order valence-corrected chi connectivity index (χ3v) is 3.29. The van der Waals surface area contributed by atoms with Gasteiger partial charge in [-0.2, -0.15) is 5.26 Å². The van der Waals surface area contributed by atoms with Gasteiger partial charge in [0.05, 0.1) is 17.7 Å². The number of nitrogens with one attached hydrogen (secondary N) is 2. The van der Waals surface area contributed by atoms with Gasteiger partial charge in [0.15, 0.2) is 0 Å². The van der Waals surface area contributed by atoms with E-state index in [1.807, 2.05) is 13.0 Å². The van der Waals surface area contributed by atoms with E-state index in [1.54, 1.807) is 52.0 Å². The van der Waals surface area contributed by atoms with Crippen molar-refractivity contribution in [2.24, 2.45) is 0 Å². The van der Waals surface area contributed by atoms with Gasteiger partial charge in [-0.05, 0) is 58.4 Å². The molecule has 1 rings (SSSR count). The molecule has 0 heterocycles. The Hall–Kier alpha value is -2.75. The average molecular weight is 361 g/mol. The van der Waals surface area contributed by atoms with Crippen molar-refractivity contribution in [3.05, 3.63) is 29.8 Å². The molecule has 1 aromatic rings. The number of nitrogens with zero attached hydrogens (tertiary/aromatic N) is 1. The highest BCUT2D eigenvalue weighted by atomic mass is 16.6. The van der Waals surface area contributed by atoms with E-state index in [1.165, 1.54) is 0 Å². The molecule has 0 saturated carbocycles. The van der Waals surface area contributed by atoms with E-state index >= 15 is 0 Å². The van der Waals surface area contributed by atoms with Crippen molar-refractivity contribution in [3.8, 4) is 11.8 Å². The van der Waals surface area contributed by atoms with Crippen LogP contribution in [0.25, 0.3) is 0 Å². The largest absolute Gasteiger partial charge is 0.491 e. The zero-order chi connectivity index (χ0) is 19.7. The summed E-state index contributed by atoms with van der Waals surface area (Å²) < 4.78 is 10.8. The fourth-order valence-electron chi connectivity index (χ4n) is 2.03. The van der Waals surface area contributed by atoms with Crippen molar-refractivity contribution in [3.63, 3.8) is 0 Å². The molecular weight excluding hydrogens is 334 g/mol. The summed E-state index contributed by atoms with van der Waals surface area (Å²) >= 11 is 0. The van der Waals surface area contributed by atoms with Gasteiger partial charge in [0.1, 0.15) is 24.0 Å². The molecule has 1 unspecified atom stereocenters. The Morgan fingerprint density at radius 2 is 1.81 bits per heavy atom. The molecule has 0 bridgehead atoms. The summed E-state index contributed by atoms with van der Waals surface area (Å²) in [5.74, 6) is 0.318. The molecule has 0 spiro atoms. The standard InChI is InChI=1S/C19H27N3O4/c1-6-16(22-18(24)26-19(3,4)5)17(23)21-13(2)12-25-15-9-7-14(11-20)8-10-15/h7-10,13,16H,6,12H2,1-5H3,(H,21,23)(H,22,24)/t13?,16-/m0/s1. The Balaban J connectivity index is 2.47. The Labute approximate surface area is 154 Å². The molecular formula is C19H27N3O4. The van der Waals surface area contributed by atoms with Gasteiger partial charge in [0.25, 0.3) is 0 Å². The lowest BCUT2D eigenvalue weighted by atomic mass is 10.2. The fourth-order valence-corrected chi connectivity index (χ4v) is 2.03. The van der Waals surface area contributed by atoms with E-state index in [0.717, 1.165) is 0 Å². The molecule has 7 heteroatoms. The molecule has 2 amide bonds. The number of ether oxygens (including phenoxy) is 2. The highest BCUT2D eigenvalue weighted by molar-refractivity contribution is 5.85. The minimum atomic E-state index is -0.679. The van der Waals surface area contributed by atoms with E-state index in [2.05, 4.69) is 10.6 Å². The molecule has 2 atom stereocenters. The third-order valence-electron chi connectivity index (χ3n) is 3.29. The SMILES string of the molecule is CC[C@H](NC(=O)OC(C)(C)C)C(=O)NC(C)COc1ccc(C#N)cc1. The summed E-state index contributed by atoms with van der Waals surface area (Å²) in [5.41, 5.74) is -0.0705. The predicted octanol–water partition coefficient (Wildman–Crippen LogP) is 2.75. The van der Waals surface area contributed by atoms with Gasteiger partial charge in [-0.3, -0.25) is 4.79 Å². The highest BCUT2D eigenvalue weighted by Gasteiger charge is 2.23. The number of rotatable bonds is 7. The molecule has 0 radical (unpaired) electrons. The topological polar surface area (TPSA) is 100 Å². The molecule has 7 nitrogen and oxygen atoms in total. The highest BCUT2D eigenvalue weighted by Crippen LogP contribution is 2.12. The fraction of sp³-hybridized carbons (Fsp3) is 0.526. The van der Waals surface area contributed by atoms with E-state index in [0.29, 0.717) is 17.7 Å². The molecule has 0 saturated heterocycles. The van der Waals surface area contributed by atoms with Crippen LogP contribution in [0.2, 0.25) is 0 Å². The molecule has 0 fully saturated rings. The third kappa shape index (κ3) is 7.88. The molecule has 0 aromatic heterocycles. The molecule has 0 aliphatic carbocycles. The van der Waals surface area contributed by atoms with Crippen LogP contribution in [-0.2, 0) is 9.53 Å². The molecule has 0 aliphatic rings. The molecule has 0 aliphatic heterocycles. The number of hydrogen-bond donors (Lipinski definition) is 2. The van der Waals surface area contributed by atoms with Gasteiger partial charge in [0.2, 0.25) is 5.91 Å². The minimum absolute atomic E-state index is 0.257. The smallest absolute Gasteiger partial charge is 0.408 e. The van der Waals surface area contributed by atoms with Gasteiger partial charge in [-0.1, -0.05) is 6.92 Å². The van der Waals surface area contributed by atoms with Crippen LogP contribution in [-0.4, -0.2) is 36.3 Å². The van der Waals surface area contributed by atoms with Crippen LogP contribution in [0.4, 0.5) is 4.79 Å². The van der Waals surface area contributed by atoms with Crippen molar-refractivity contribution in [1.29, 1.82) is 5.26 Å². The second-order valence-corrected chi connectivity index (χ2v) is 6.96. The molecule has 2 N–H and O–H groups in total. The first-order chi connectivity index (χ1) is 12.1. The quantitative estimate of drug-likeness (QED) is 0.778. The predicted molar refractivity (Wildman–Crippen MR) is 97.7 cm³/mol. The van der Waals surface area contributed by atoms with Crippen molar-refractivity contribution < 1.29 is 19.1 Å². The van der Waals surface area contributed by atoms with Gasteiger partial charge in [-0.25, -0.2) is 4.79 Å². The second kappa shape index (κ2) is 9.66. The maximum absolute atomic E-state index is 12.3. The lowest BCUT2D eigenvalue weighted by Crippen LogP contribution is -2.50. The summed E-state index contributed by atoms with van der Waals surface area (Å²) in [6.45, 7) is 9.16. The summed E-state index contributed by atoms with van der Waals surface area (Å²) in [4.78, 5) is 24.1. The van der Waals surface area contributed by atoms with E-state index in [4.69, 9.17) is 14.7 Å². The van der Waals surface area contributed by atoms with Gasteiger partial charge in [-0.15, -0.1) is 0 Å².